The molecule has 2 aliphatic rings. The molecule has 2 aromatic carbocycles. The number of hydrogen-bond acceptors (Lipinski definition) is 1. The minimum Gasteiger partial charge on any atom is -0.275 e. The summed E-state index contributed by atoms with van der Waals surface area (Å²) < 4.78 is 2.80. The molecule has 0 aromatic heterocycles. The van der Waals surface area contributed by atoms with Gasteiger partial charge in [-0.25, -0.2) is 0 Å². The van der Waals surface area contributed by atoms with Crippen molar-refractivity contribution in [3.8, 4) is 0 Å². The molecule has 0 bridgehead atoms. The molecule has 2 aliphatic carbocycles. The zero-order valence-corrected chi connectivity index (χ0v) is 18.4. The van der Waals surface area contributed by atoms with Crippen LogP contribution in [0.25, 0.3) is 0 Å². The summed E-state index contributed by atoms with van der Waals surface area (Å²) in [7, 11) is 1.97. The van der Waals surface area contributed by atoms with Crippen molar-refractivity contribution >= 4 is 18.7 Å². The van der Waals surface area contributed by atoms with Crippen LogP contribution < -0.4 is 10.6 Å². The third kappa shape index (κ3) is 4.87. The Balaban J connectivity index is 1.58. The van der Waals surface area contributed by atoms with E-state index in [1.54, 1.807) is 0 Å². The van der Waals surface area contributed by atoms with Crippen LogP contribution in [-0.2, 0) is 0 Å². The van der Waals surface area contributed by atoms with E-state index in [1.165, 1.54) is 74.8 Å². The monoisotopic (exact) mass is 393 g/mol. The summed E-state index contributed by atoms with van der Waals surface area (Å²) in [5, 5.41) is 2.99. The van der Waals surface area contributed by atoms with Crippen LogP contribution >= 0.6 is 8.07 Å². The van der Waals surface area contributed by atoms with Gasteiger partial charge in [-0.2, -0.15) is 0 Å². The van der Waals surface area contributed by atoms with Crippen LogP contribution in [0.1, 0.15) is 64.2 Å². The van der Waals surface area contributed by atoms with Gasteiger partial charge in [-0.1, -0.05) is 106 Å². The van der Waals surface area contributed by atoms with Gasteiger partial charge in [0.1, 0.15) is 0 Å². The highest BCUT2D eigenvalue weighted by molar-refractivity contribution is 7.70. The lowest BCUT2D eigenvalue weighted by Crippen LogP contribution is -2.41. The second-order valence-corrected chi connectivity index (χ2v) is 11.2. The maximum atomic E-state index is 2.80. The van der Waals surface area contributed by atoms with Gasteiger partial charge in [-0.05, 0) is 48.8 Å². The Morgan fingerprint density at radius 3 is 1.86 bits per heavy atom. The van der Waals surface area contributed by atoms with Gasteiger partial charge in [0.05, 0.1) is 0 Å². The van der Waals surface area contributed by atoms with Crippen LogP contribution in [0, 0.1) is 11.8 Å². The van der Waals surface area contributed by atoms with Crippen molar-refractivity contribution in [3.05, 3.63) is 60.7 Å². The molecule has 4 rings (SSSR count). The van der Waals surface area contributed by atoms with E-state index in [4.69, 9.17) is 0 Å². The summed E-state index contributed by atoms with van der Waals surface area (Å²) in [4.78, 5) is 0. The Morgan fingerprint density at radius 1 is 0.714 bits per heavy atom. The standard InChI is InChI=1S/C26H36NP/c1-27(26-20-12-11-15-23(26)21-22-13-5-2-6-14-22)28(24-16-7-3-8-17-24)25-18-9-4-10-19-25/h3-4,7-10,16-19,22-23,26H,2,5-6,11-15,20-21H2,1H3/t23-,26+/m1/s1. The smallest absolute Gasteiger partial charge is 0.0281 e. The molecular weight excluding hydrogens is 357 g/mol. The summed E-state index contributed by atoms with van der Waals surface area (Å²) in [5.41, 5.74) is 0. The molecule has 2 saturated carbocycles. The van der Waals surface area contributed by atoms with Gasteiger partial charge in [0.25, 0.3) is 0 Å². The van der Waals surface area contributed by atoms with Crippen LogP contribution in [0.4, 0.5) is 0 Å². The first-order chi connectivity index (χ1) is 13.8. The van der Waals surface area contributed by atoms with Crippen molar-refractivity contribution in [2.75, 3.05) is 7.05 Å². The second-order valence-electron chi connectivity index (χ2n) is 8.91. The predicted molar refractivity (Wildman–Crippen MR) is 124 cm³/mol. The van der Waals surface area contributed by atoms with E-state index in [-0.39, 0.29) is 0 Å². The fraction of sp³-hybridized carbons (Fsp3) is 0.538. The molecular formula is C26H36NP. The third-order valence-corrected chi connectivity index (χ3v) is 9.53. The van der Waals surface area contributed by atoms with E-state index in [2.05, 4.69) is 72.4 Å². The average molecular weight is 394 g/mol. The Kier molecular flexibility index (Phi) is 7.21. The SMILES string of the molecule is CN([C@H]1CCCC[C@@H]1CC1CCCCC1)P(c1ccccc1)c1ccccc1. The van der Waals surface area contributed by atoms with Gasteiger partial charge in [-0.15, -0.1) is 0 Å². The summed E-state index contributed by atoms with van der Waals surface area (Å²) in [6.45, 7) is 0. The molecule has 0 amide bonds. The van der Waals surface area contributed by atoms with Crippen molar-refractivity contribution in [2.24, 2.45) is 11.8 Å². The fourth-order valence-corrected chi connectivity index (χ4v) is 8.14. The molecule has 0 radical (unpaired) electrons. The Labute approximate surface area is 173 Å². The van der Waals surface area contributed by atoms with E-state index in [9.17, 15) is 0 Å². The fourth-order valence-electron chi connectivity index (χ4n) is 5.61. The molecule has 0 saturated heterocycles. The molecule has 0 heterocycles. The van der Waals surface area contributed by atoms with Gasteiger partial charge in [0.2, 0.25) is 0 Å². The number of hydrogen-bond donors (Lipinski definition) is 0. The lowest BCUT2D eigenvalue weighted by molar-refractivity contribution is 0.161. The first kappa shape index (κ1) is 20.1. The van der Waals surface area contributed by atoms with Gasteiger partial charge in [-0.3, -0.25) is 4.67 Å². The number of nitrogens with zero attached hydrogens (tertiary/aromatic N) is 1. The van der Waals surface area contributed by atoms with Crippen LogP contribution in [-0.4, -0.2) is 17.8 Å². The van der Waals surface area contributed by atoms with Crippen molar-refractivity contribution in [3.63, 3.8) is 0 Å². The predicted octanol–water partition coefficient (Wildman–Crippen LogP) is 6.50. The molecule has 1 nitrogen and oxygen atoms in total. The molecule has 150 valence electrons. The number of benzene rings is 2. The van der Waals surface area contributed by atoms with E-state index in [0.29, 0.717) is 0 Å². The normalized spacial score (nSPS) is 24.0. The zero-order valence-electron chi connectivity index (χ0n) is 17.5. The molecule has 2 heteroatoms. The highest BCUT2D eigenvalue weighted by Gasteiger charge is 2.34. The Hall–Kier alpha value is -1.17. The lowest BCUT2D eigenvalue weighted by atomic mass is 9.75. The lowest BCUT2D eigenvalue weighted by Gasteiger charge is -2.43. The largest absolute Gasteiger partial charge is 0.275 e. The van der Waals surface area contributed by atoms with Crippen molar-refractivity contribution in [1.82, 2.24) is 4.67 Å². The van der Waals surface area contributed by atoms with Crippen molar-refractivity contribution in [1.29, 1.82) is 0 Å². The first-order valence-electron chi connectivity index (χ1n) is 11.5. The topological polar surface area (TPSA) is 3.24 Å². The summed E-state index contributed by atoms with van der Waals surface area (Å²) in [5.74, 6) is 1.88. The molecule has 0 spiro atoms. The van der Waals surface area contributed by atoms with Crippen LogP contribution in [0.5, 0.6) is 0 Å². The highest BCUT2D eigenvalue weighted by Crippen LogP contribution is 2.45. The molecule has 0 unspecified atom stereocenters. The summed E-state index contributed by atoms with van der Waals surface area (Å²) >= 11 is 0. The summed E-state index contributed by atoms with van der Waals surface area (Å²) in [6, 6.07) is 23.2. The van der Waals surface area contributed by atoms with Crippen molar-refractivity contribution < 1.29 is 0 Å². The van der Waals surface area contributed by atoms with Gasteiger partial charge in [0.15, 0.2) is 0 Å². The Morgan fingerprint density at radius 2 is 1.25 bits per heavy atom. The van der Waals surface area contributed by atoms with E-state index >= 15 is 0 Å². The van der Waals surface area contributed by atoms with E-state index < -0.39 is 8.07 Å². The van der Waals surface area contributed by atoms with Crippen molar-refractivity contribution in [2.45, 2.75) is 70.3 Å². The Bertz CT molecular complexity index is 655. The van der Waals surface area contributed by atoms with Gasteiger partial charge >= 0.3 is 0 Å². The average Bonchev–Trinajstić information content (AvgIpc) is 2.76. The van der Waals surface area contributed by atoms with Crippen LogP contribution in [0.3, 0.4) is 0 Å². The van der Waals surface area contributed by atoms with Crippen LogP contribution in [0.2, 0.25) is 0 Å². The maximum Gasteiger partial charge on any atom is 0.0281 e. The second kappa shape index (κ2) is 10.0. The molecule has 2 aromatic rings. The third-order valence-electron chi connectivity index (χ3n) is 7.03. The number of rotatable bonds is 6. The minimum absolute atomic E-state index is 0.451. The highest BCUT2D eigenvalue weighted by atomic mass is 31.1. The maximum absolute atomic E-state index is 2.80. The quantitative estimate of drug-likeness (QED) is 0.507. The van der Waals surface area contributed by atoms with Gasteiger partial charge < -0.3 is 0 Å². The van der Waals surface area contributed by atoms with E-state index in [1.807, 2.05) is 0 Å². The molecule has 2 fully saturated rings. The van der Waals surface area contributed by atoms with E-state index in [0.717, 1.165) is 17.9 Å². The minimum atomic E-state index is -0.451. The molecule has 0 N–H and O–H groups in total. The first-order valence-corrected chi connectivity index (χ1v) is 12.8. The summed E-state index contributed by atoms with van der Waals surface area (Å²) in [6.07, 6.45) is 14.5. The van der Waals surface area contributed by atoms with Crippen LogP contribution in [0.15, 0.2) is 60.7 Å². The molecule has 0 aliphatic heterocycles. The molecule has 2 atom stereocenters. The van der Waals surface area contributed by atoms with Gasteiger partial charge in [0, 0.05) is 14.1 Å². The zero-order chi connectivity index (χ0) is 19.2. The molecule has 28 heavy (non-hydrogen) atoms.